The second kappa shape index (κ2) is 7.65. The minimum absolute atomic E-state index is 0.201. The van der Waals surface area contributed by atoms with Crippen molar-refractivity contribution < 1.29 is 14.3 Å². The predicted octanol–water partition coefficient (Wildman–Crippen LogP) is 3.25. The Bertz CT molecular complexity index is 707. The van der Waals surface area contributed by atoms with Crippen molar-refractivity contribution >= 4 is 17.2 Å². The number of nitriles is 1. The molecule has 0 saturated carbocycles. The van der Waals surface area contributed by atoms with Crippen molar-refractivity contribution in [3.8, 4) is 17.6 Å². The van der Waals surface area contributed by atoms with Crippen LogP contribution in [0, 0.1) is 11.3 Å². The van der Waals surface area contributed by atoms with E-state index in [2.05, 4.69) is 11.4 Å². The summed E-state index contributed by atoms with van der Waals surface area (Å²) in [6, 6.07) is 8.38. The van der Waals surface area contributed by atoms with Crippen LogP contribution in [-0.4, -0.2) is 20.1 Å². The summed E-state index contributed by atoms with van der Waals surface area (Å²) >= 11 is 1.54. The van der Waals surface area contributed by atoms with Crippen LogP contribution in [0.3, 0.4) is 0 Å². The lowest BCUT2D eigenvalue weighted by molar-refractivity contribution is -0.122. The van der Waals surface area contributed by atoms with E-state index >= 15 is 0 Å². The molecular weight excluding hydrogens is 312 g/mol. The summed E-state index contributed by atoms with van der Waals surface area (Å²) in [5.74, 6) is 0.605. The standard InChI is InChI=1S/C17H18N2O3S/c1-11(12-6-7-23-10-12)17(20)19-15(9-18)14-5-4-13(21-2)8-16(14)22-3/h4-8,10-11,15H,1-3H3,(H,19,20). The zero-order valence-corrected chi connectivity index (χ0v) is 14.0. The lowest BCUT2D eigenvalue weighted by Gasteiger charge is -2.18. The molecule has 23 heavy (non-hydrogen) atoms. The molecule has 1 aromatic carbocycles. The van der Waals surface area contributed by atoms with Gasteiger partial charge in [-0.15, -0.1) is 0 Å². The molecule has 0 bridgehead atoms. The molecule has 2 unspecified atom stereocenters. The third-order valence-electron chi connectivity index (χ3n) is 3.60. The van der Waals surface area contributed by atoms with Crippen LogP contribution in [0.1, 0.15) is 30.0 Å². The van der Waals surface area contributed by atoms with E-state index in [9.17, 15) is 10.1 Å². The van der Waals surface area contributed by atoms with E-state index in [1.165, 1.54) is 18.4 Å². The zero-order valence-electron chi connectivity index (χ0n) is 13.2. The van der Waals surface area contributed by atoms with Gasteiger partial charge in [-0.2, -0.15) is 16.6 Å². The minimum Gasteiger partial charge on any atom is -0.497 e. The lowest BCUT2D eigenvalue weighted by Crippen LogP contribution is -2.31. The van der Waals surface area contributed by atoms with Gasteiger partial charge in [0.15, 0.2) is 0 Å². The summed E-state index contributed by atoms with van der Waals surface area (Å²) in [7, 11) is 3.07. The summed E-state index contributed by atoms with van der Waals surface area (Å²) < 4.78 is 10.4. The first-order valence-corrected chi connectivity index (χ1v) is 7.99. The van der Waals surface area contributed by atoms with Crippen molar-refractivity contribution in [2.45, 2.75) is 18.9 Å². The molecular formula is C17H18N2O3S. The predicted molar refractivity (Wildman–Crippen MR) is 88.8 cm³/mol. The zero-order chi connectivity index (χ0) is 16.8. The Morgan fingerprint density at radius 1 is 1.30 bits per heavy atom. The molecule has 0 radical (unpaired) electrons. The summed E-state index contributed by atoms with van der Waals surface area (Å²) in [5, 5.41) is 16.1. The molecule has 0 saturated heterocycles. The number of rotatable bonds is 6. The molecule has 1 aromatic heterocycles. The number of thiophene rings is 1. The van der Waals surface area contributed by atoms with Crippen molar-refractivity contribution in [3.05, 3.63) is 46.2 Å². The molecule has 1 amide bonds. The summed E-state index contributed by atoms with van der Waals surface area (Å²) in [5.41, 5.74) is 1.53. The Morgan fingerprint density at radius 3 is 2.65 bits per heavy atom. The highest BCUT2D eigenvalue weighted by atomic mass is 32.1. The maximum Gasteiger partial charge on any atom is 0.228 e. The maximum absolute atomic E-state index is 12.4. The van der Waals surface area contributed by atoms with Crippen molar-refractivity contribution in [1.82, 2.24) is 5.32 Å². The summed E-state index contributed by atoms with van der Waals surface area (Å²) in [6.45, 7) is 1.82. The molecule has 120 valence electrons. The van der Waals surface area contributed by atoms with Gasteiger partial charge in [0, 0.05) is 11.6 Å². The van der Waals surface area contributed by atoms with E-state index in [0.29, 0.717) is 17.1 Å². The molecule has 6 heteroatoms. The average Bonchev–Trinajstić information content (AvgIpc) is 3.12. The second-order valence-electron chi connectivity index (χ2n) is 4.96. The molecule has 0 aliphatic heterocycles. The highest BCUT2D eigenvalue weighted by molar-refractivity contribution is 7.08. The van der Waals surface area contributed by atoms with Gasteiger partial charge in [0.1, 0.15) is 17.5 Å². The van der Waals surface area contributed by atoms with Gasteiger partial charge in [-0.1, -0.05) is 0 Å². The highest BCUT2D eigenvalue weighted by Crippen LogP contribution is 2.30. The van der Waals surface area contributed by atoms with Gasteiger partial charge in [-0.25, -0.2) is 0 Å². The van der Waals surface area contributed by atoms with Crippen molar-refractivity contribution in [3.63, 3.8) is 0 Å². The van der Waals surface area contributed by atoms with Crippen LogP contribution in [0.5, 0.6) is 11.5 Å². The lowest BCUT2D eigenvalue weighted by atomic mass is 10.0. The number of benzene rings is 1. The molecule has 2 aromatic rings. The molecule has 0 spiro atoms. The van der Waals surface area contributed by atoms with Crippen LogP contribution in [0.2, 0.25) is 0 Å². The summed E-state index contributed by atoms with van der Waals surface area (Å²) in [6.07, 6.45) is 0. The molecule has 1 N–H and O–H groups in total. The van der Waals surface area contributed by atoms with E-state index in [1.54, 1.807) is 25.3 Å². The second-order valence-corrected chi connectivity index (χ2v) is 5.74. The van der Waals surface area contributed by atoms with E-state index in [0.717, 1.165) is 5.56 Å². The number of hydrogen-bond donors (Lipinski definition) is 1. The number of carbonyl (C=O) groups is 1. The molecule has 2 atom stereocenters. The number of nitrogens with one attached hydrogen (secondary N) is 1. The van der Waals surface area contributed by atoms with E-state index in [1.807, 2.05) is 23.8 Å². The van der Waals surface area contributed by atoms with Crippen molar-refractivity contribution in [2.24, 2.45) is 0 Å². The van der Waals surface area contributed by atoms with Crippen LogP contribution in [0.4, 0.5) is 0 Å². The normalized spacial score (nSPS) is 12.8. The highest BCUT2D eigenvalue weighted by Gasteiger charge is 2.22. The average molecular weight is 330 g/mol. The Morgan fingerprint density at radius 2 is 2.09 bits per heavy atom. The fraction of sp³-hybridized carbons (Fsp3) is 0.294. The number of carbonyl (C=O) groups excluding carboxylic acids is 1. The smallest absolute Gasteiger partial charge is 0.228 e. The maximum atomic E-state index is 12.4. The molecule has 2 rings (SSSR count). The Hall–Kier alpha value is -2.52. The van der Waals surface area contributed by atoms with Gasteiger partial charge in [0.05, 0.1) is 26.2 Å². The fourth-order valence-electron chi connectivity index (χ4n) is 2.18. The molecule has 0 aliphatic carbocycles. The molecule has 0 aliphatic rings. The minimum atomic E-state index is -0.788. The van der Waals surface area contributed by atoms with Crippen LogP contribution < -0.4 is 14.8 Å². The van der Waals surface area contributed by atoms with Gasteiger partial charge >= 0.3 is 0 Å². The van der Waals surface area contributed by atoms with E-state index in [4.69, 9.17) is 9.47 Å². The Balaban J connectivity index is 2.20. The Kier molecular flexibility index (Phi) is 5.61. The van der Waals surface area contributed by atoms with Crippen LogP contribution >= 0.6 is 11.3 Å². The fourth-order valence-corrected chi connectivity index (χ4v) is 2.93. The first-order chi connectivity index (χ1) is 11.1. The van der Waals surface area contributed by atoms with Gasteiger partial charge in [0.25, 0.3) is 0 Å². The van der Waals surface area contributed by atoms with Crippen LogP contribution in [0.15, 0.2) is 35.0 Å². The van der Waals surface area contributed by atoms with Crippen molar-refractivity contribution in [1.29, 1.82) is 5.26 Å². The largest absolute Gasteiger partial charge is 0.497 e. The first-order valence-electron chi connectivity index (χ1n) is 7.04. The number of amides is 1. The number of hydrogen-bond acceptors (Lipinski definition) is 5. The van der Waals surface area contributed by atoms with Gasteiger partial charge in [-0.05, 0) is 41.4 Å². The van der Waals surface area contributed by atoms with E-state index < -0.39 is 6.04 Å². The molecule has 1 heterocycles. The number of methoxy groups -OCH3 is 2. The van der Waals surface area contributed by atoms with E-state index in [-0.39, 0.29) is 11.8 Å². The third-order valence-corrected chi connectivity index (χ3v) is 4.31. The van der Waals surface area contributed by atoms with Crippen molar-refractivity contribution in [2.75, 3.05) is 14.2 Å². The van der Waals surface area contributed by atoms with Gasteiger partial charge in [-0.3, -0.25) is 4.79 Å². The topological polar surface area (TPSA) is 71.3 Å². The number of nitrogens with zero attached hydrogens (tertiary/aromatic N) is 1. The van der Waals surface area contributed by atoms with Crippen LogP contribution in [-0.2, 0) is 4.79 Å². The van der Waals surface area contributed by atoms with Gasteiger partial charge < -0.3 is 14.8 Å². The summed E-state index contributed by atoms with van der Waals surface area (Å²) in [4.78, 5) is 12.4. The third kappa shape index (κ3) is 3.82. The molecule has 5 nitrogen and oxygen atoms in total. The van der Waals surface area contributed by atoms with Crippen LogP contribution in [0.25, 0.3) is 0 Å². The SMILES string of the molecule is COc1ccc(C(C#N)NC(=O)C(C)c2ccsc2)c(OC)c1. The molecule has 0 fully saturated rings. The Labute approximate surface area is 139 Å². The quantitative estimate of drug-likeness (QED) is 0.882. The monoisotopic (exact) mass is 330 g/mol. The number of ether oxygens (including phenoxy) is 2. The first kappa shape index (κ1) is 16.8. The van der Waals surface area contributed by atoms with Gasteiger partial charge in [0.2, 0.25) is 5.91 Å².